The summed E-state index contributed by atoms with van der Waals surface area (Å²) in [4.78, 5) is 11.6. The van der Waals surface area contributed by atoms with Gasteiger partial charge < -0.3 is 9.47 Å². The minimum atomic E-state index is -0.311. The number of rotatable bonds is 4. The Bertz CT molecular complexity index is 1040. The number of aromatic nitrogens is 3. The minimum Gasteiger partial charge on any atom is -0.421 e. The average molecular weight is 575 g/mol. The van der Waals surface area contributed by atoms with E-state index in [-0.39, 0.29) is 69.0 Å². The smallest absolute Gasteiger partial charge is 0.329 e. The van der Waals surface area contributed by atoms with E-state index in [2.05, 4.69) is 15.0 Å². The van der Waals surface area contributed by atoms with E-state index in [4.69, 9.17) is 114 Å². The average Bonchev–Trinajstić information content (AvgIpc) is 2.65. The Balaban J connectivity index is 1.99. The number of nitrogens with zero attached hydrogens (tertiary/aromatic N) is 3. The van der Waals surface area contributed by atoms with Gasteiger partial charge in [0, 0.05) is 0 Å². The molecule has 29 heavy (non-hydrogen) atoms. The van der Waals surface area contributed by atoms with E-state index in [0.717, 1.165) is 0 Å². The number of ether oxygens (including phenoxy) is 2. The highest BCUT2D eigenvalue weighted by Gasteiger charge is 2.20. The second kappa shape index (κ2) is 9.43. The lowest BCUT2D eigenvalue weighted by molar-refractivity contribution is 0.397. The molecule has 0 fully saturated rings. The molecule has 0 bridgehead atoms. The summed E-state index contributed by atoms with van der Waals surface area (Å²) >= 11 is 54.1. The van der Waals surface area contributed by atoms with Crippen LogP contribution in [0.25, 0.3) is 0 Å². The van der Waals surface area contributed by atoms with Gasteiger partial charge in [0.2, 0.25) is 5.28 Å². The van der Waals surface area contributed by atoms with Crippen LogP contribution in [0.3, 0.4) is 0 Å². The van der Waals surface area contributed by atoms with Crippen LogP contribution in [0.1, 0.15) is 0 Å². The van der Waals surface area contributed by atoms with Gasteiger partial charge in [-0.25, -0.2) is 0 Å². The van der Waals surface area contributed by atoms with E-state index < -0.39 is 0 Å². The van der Waals surface area contributed by atoms with Crippen molar-refractivity contribution >= 4 is 104 Å². The van der Waals surface area contributed by atoms with Crippen molar-refractivity contribution in [2.24, 2.45) is 0 Å². The maximum Gasteiger partial charge on any atom is 0.329 e. The van der Waals surface area contributed by atoms with Crippen molar-refractivity contribution < 1.29 is 9.47 Å². The highest BCUT2D eigenvalue weighted by molar-refractivity contribution is 6.51. The van der Waals surface area contributed by atoms with Crippen LogP contribution in [0.15, 0.2) is 12.1 Å². The van der Waals surface area contributed by atoms with Crippen LogP contribution >= 0.6 is 104 Å². The predicted octanol–water partition coefficient (Wildman–Crippen LogP) is 9.34. The molecule has 5 nitrogen and oxygen atoms in total. The number of benzene rings is 2. The maximum absolute atomic E-state index is 6.11. The van der Waals surface area contributed by atoms with Gasteiger partial charge in [0.05, 0.1) is 30.1 Å². The fourth-order valence-electron chi connectivity index (χ4n) is 1.87. The Kier molecular flexibility index (Phi) is 7.58. The molecule has 0 aliphatic carbocycles. The van der Waals surface area contributed by atoms with E-state index >= 15 is 0 Å². The topological polar surface area (TPSA) is 57.1 Å². The second-order valence-electron chi connectivity index (χ2n) is 4.97. The first-order valence-corrected chi connectivity index (χ1v) is 10.4. The monoisotopic (exact) mass is 571 g/mol. The first-order chi connectivity index (χ1) is 13.6. The van der Waals surface area contributed by atoms with Crippen molar-refractivity contribution in [3.63, 3.8) is 0 Å². The van der Waals surface area contributed by atoms with Crippen molar-refractivity contribution in [3.05, 3.63) is 57.6 Å². The molecule has 0 saturated carbocycles. The third-order valence-electron chi connectivity index (χ3n) is 3.10. The Morgan fingerprint density at radius 3 is 1.24 bits per heavy atom. The van der Waals surface area contributed by atoms with Gasteiger partial charge >= 0.3 is 12.0 Å². The predicted molar refractivity (Wildman–Crippen MR) is 118 cm³/mol. The van der Waals surface area contributed by atoms with Gasteiger partial charge in [-0.05, 0) is 23.7 Å². The summed E-state index contributed by atoms with van der Waals surface area (Å²) in [6.45, 7) is 0. The minimum absolute atomic E-state index is 0.0266. The molecule has 3 rings (SSSR count). The number of hydrogen-bond acceptors (Lipinski definition) is 5. The highest BCUT2D eigenvalue weighted by Crippen LogP contribution is 2.45. The molecule has 0 saturated heterocycles. The van der Waals surface area contributed by atoms with Crippen LogP contribution < -0.4 is 9.47 Å². The molecule has 0 N–H and O–H groups in total. The standard InChI is InChI=1S/C15H2Cl9N3O2/c16-3-1-5(18)11(9(22)7(3)20)28-14-25-13(24)26-15(27-14)29-12-6(19)2-4(17)8(21)10(12)23/h1-2H. The van der Waals surface area contributed by atoms with Crippen LogP contribution in [0, 0.1) is 0 Å². The molecule has 0 atom stereocenters. The Labute approximate surface area is 208 Å². The molecule has 14 heteroatoms. The molecular weight excluding hydrogens is 573 g/mol. The molecule has 0 amide bonds. The highest BCUT2D eigenvalue weighted by atomic mass is 35.5. The SMILES string of the molecule is Clc1nc(Oc2c(Cl)cc(Cl)c(Cl)c2Cl)nc(Oc2c(Cl)cc(Cl)c(Cl)c2Cl)n1. The van der Waals surface area contributed by atoms with Crippen LogP contribution in [-0.4, -0.2) is 15.0 Å². The van der Waals surface area contributed by atoms with E-state index in [0.29, 0.717) is 0 Å². The molecule has 0 spiro atoms. The summed E-state index contributed by atoms with van der Waals surface area (Å²) in [7, 11) is 0. The fourth-order valence-corrected chi connectivity index (χ4v) is 3.98. The molecule has 2 aromatic carbocycles. The molecule has 0 unspecified atom stereocenters. The molecule has 152 valence electrons. The van der Waals surface area contributed by atoms with Gasteiger partial charge in [0.15, 0.2) is 11.5 Å². The zero-order valence-corrected chi connectivity index (χ0v) is 20.0. The van der Waals surface area contributed by atoms with Crippen molar-refractivity contribution in [3.8, 4) is 23.5 Å². The van der Waals surface area contributed by atoms with Gasteiger partial charge in [-0.15, -0.1) is 4.98 Å². The van der Waals surface area contributed by atoms with E-state index in [1.807, 2.05) is 0 Å². The van der Waals surface area contributed by atoms with E-state index in [9.17, 15) is 0 Å². The van der Waals surface area contributed by atoms with Gasteiger partial charge in [-0.3, -0.25) is 0 Å². The molecule has 3 aromatic rings. The Morgan fingerprint density at radius 2 is 0.862 bits per heavy atom. The van der Waals surface area contributed by atoms with Gasteiger partial charge in [-0.2, -0.15) is 9.97 Å². The first-order valence-electron chi connectivity index (χ1n) is 7.01. The Hall–Kier alpha value is -0.340. The lowest BCUT2D eigenvalue weighted by Crippen LogP contribution is -2.00. The van der Waals surface area contributed by atoms with Crippen LogP contribution in [0.5, 0.6) is 23.5 Å². The zero-order chi connectivity index (χ0) is 21.5. The fraction of sp³-hybridized carbons (Fsp3) is 0. The molecule has 1 heterocycles. The lowest BCUT2D eigenvalue weighted by atomic mass is 10.3. The van der Waals surface area contributed by atoms with E-state index in [1.54, 1.807) is 0 Å². The first kappa shape index (κ1) is 23.3. The third kappa shape index (κ3) is 5.12. The number of hydrogen-bond donors (Lipinski definition) is 0. The van der Waals surface area contributed by atoms with Gasteiger partial charge in [0.1, 0.15) is 10.0 Å². The third-order valence-corrected chi connectivity index (χ3v) is 6.32. The van der Waals surface area contributed by atoms with Crippen LogP contribution in [-0.2, 0) is 0 Å². The molecular formula is C15H2Cl9N3O2. The van der Waals surface area contributed by atoms with Crippen molar-refractivity contribution in [1.29, 1.82) is 0 Å². The summed E-state index contributed by atoms with van der Waals surface area (Å²) in [6.07, 6.45) is 0. The summed E-state index contributed by atoms with van der Waals surface area (Å²) < 4.78 is 11.0. The molecule has 1 aromatic heterocycles. The van der Waals surface area contributed by atoms with E-state index in [1.165, 1.54) is 12.1 Å². The molecule has 0 aliphatic heterocycles. The Morgan fingerprint density at radius 1 is 0.483 bits per heavy atom. The summed E-state index contributed by atoms with van der Waals surface area (Å²) in [5, 5.41) is 0.0451. The van der Waals surface area contributed by atoms with Crippen LogP contribution in [0.2, 0.25) is 45.5 Å². The molecule has 0 radical (unpaired) electrons. The van der Waals surface area contributed by atoms with Crippen LogP contribution in [0.4, 0.5) is 0 Å². The summed E-state index contributed by atoms with van der Waals surface area (Å²) in [6, 6.07) is 2.05. The zero-order valence-electron chi connectivity index (χ0n) is 13.2. The summed E-state index contributed by atoms with van der Waals surface area (Å²) in [5.74, 6) is -0.108. The van der Waals surface area contributed by atoms with Gasteiger partial charge in [-0.1, -0.05) is 92.8 Å². The van der Waals surface area contributed by atoms with Crippen molar-refractivity contribution in [2.75, 3.05) is 0 Å². The lowest BCUT2D eigenvalue weighted by Gasteiger charge is -2.12. The van der Waals surface area contributed by atoms with Crippen molar-refractivity contribution in [1.82, 2.24) is 15.0 Å². The maximum atomic E-state index is 6.11. The second-order valence-corrected chi connectivity index (χ2v) is 8.45. The largest absolute Gasteiger partial charge is 0.421 e. The number of halogens is 9. The van der Waals surface area contributed by atoms with Gasteiger partial charge in [0.25, 0.3) is 0 Å². The van der Waals surface area contributed by atoms with Crippen molar-refractivity contribution in [2.45, 2.75) is 0 Å². The summed E-state index contributed by atoms with van der Waals surface area (Å²) in [5.41, 5.74) is 0. The molecule has 0 aliphatic rings. The normalized spacial score (nSPS) is 10.9. The quantitative estimate of drug-likeness (QED) is 0.229.